The summed E-state index contributed by atoms with van der Waals surface area (Å²) in [7, 11) is -9.26. The van der Waals surface area contributed by atoms with Gasteiger partial charge in [-0.1, -0.05) is 182 Å². The molecule has 2 bridgehead atoms. The summed E-state index contributed by atoms with van der Waals surface area (Å²) in [6.45, 7) is 0. The van der Waals surface area contributed by atoms with Crippen molar-refractivity contribution < 1.29 is 37.2 Å². The van der Waals surface area contributed by atoms with E-state index >= 15 is 8.63 Å². The molecule has 0 radical (unpaired) electrons. The summed E-state index contributed by atoms with van der Waals surface area (Å²) in [6.07, 6.45) is 0. The first-order chi connectivity index (χ1) is 28.5. The quantitative estimate of drug-likeness (QED) is 0.157. The number of halogens is 2. The zero-order valence-electron chi connectivity index (χ0n) is 30.4. The number of benzene rings is 6. The number of rotatable bonds is 6. The molecule has 3 aliphatic rings. The van der Waals surface area contributed by atoms with Crippen molar-refractivity contribution in [2.24, 2.45) is 30.9 Å². The number of oxime groups is 6. The molecular weight excluding hydrogens is 744 g/mol. The Morgan fingerprint density at radius 3 is 0.517 bits per heavy atom. The molecule has 0 amide bonds. The van der Waals surface area contributed by atoms with E-state index in [0.29, 0.717) is 33.4 Å². The van der Waals surface area contributed by atoms with Crippen molar-refractivity contribution in [1.29, 1.82) is 0 Å². The second-order valence-electron chi connectivity index (χ2n) is 12.6. The van der Waals surface area contributed by atoms with Crippen LogP contribution in [0.3, 0.4) is 0 Å². The van der Waals surface area contributed by atoms with E-state index in [1.807, 2.05) is 0 Å². The molecule has 0 saturated carbocycles. The highest BCUT2D eigenvalue weighted by molar-refractivity contribution is 6.59. The Morgan fingerprint density at radius 2 is 0.379 bits per heavy atom. The van der Waals surface area contributed by atoms with Gasteiger partial charge in [0.15, 0.2) is 0 Å². The smallest absolute Gasteiger partial charge is 0.509 e. The zero-order chi connectivity index (χ0) is 39.6. The Bertz CT molecular complexity index is 2080. The van der Waals surface area contributed by atoms with Gasteiger partial charge in [-0.2, -0.15) is 0 Å². The second kappa shape index (κ2) is 16.9. The van der Waals surface area contributed by atoms with Crippen LogP contribution in [0.1, 0.15) is 33.4 Å². The van der Waals surface area contributed by atoms with Gasteiger partial charge in [0.1, 0.15) is 34.3 Å². The Labute approximate surface area is 331 Å². The summed E-state index contributed by atoms with van der Waals surface area (Å²) >= 11 is 0. The lowest BCUT2D eigenvalue weighted by Gasteiger charge is -2.30. The van der Waals surface area contributed by atoms with E-state index in [4.69, 9.17) is 28.5 Å². The highest BCUT2D eigenvalue weighted by Crippen LogP contribution is 2.24. The molecule has 16 heteroatoms. The summed E-state index contributed by atoms with van der Waals surface area (Å²) < 4.78 is 69.1. The van der Waals surface area contributed by atoms with Gasteiger partial charge in [0, 0.05) is 33.4 Å². The first-order valence-corrected chi connectivity index (χ1v) is 18.0. The first kappa shape index (κ1) is 37.1. The third-order valence-corrected chi connectivity index (χ3v) is 8.58. The number of hydrogen-bond donors (Lipinski definition) is 0. The van der Waals surface area contributed by atoms with Crippen LogP contribution in [0.2, 0.25) is 0 Å². The van der Waals surface area contributed by atoms with Crippen LogP contribution < -0.4 is 0 Å². The van der Waals surface area contributed by atoms with Gasteiger partial charge in [-0.05, 0) is 0 Å². The molecule has 12 nitrogen and oxygen atoms in total. The van der Waals surface area contributed by atoms with Crippen LogP contribution in [0.15, 0.2) is 213 Å². The van der Waals surface area contributed by atoms with Crippen molar-refractivity contribution in [3.8, 4) is 0 Å². The SMILES string of the molecule is F[B-]12O/N=C(c3ccccc3)\C(c3ccccc3)=N\O[B-](F)(O/N=C(c3ccccc3)\C(c3ccccc3)=N\O1)O/N=C(c1ccccc1)/C(c1ccccc1)=N\O2. The summed E-state index contributed by atoms with van der Waals surface area (Å²) in [5.74, 6) is 0. The van der Waals surface area contributed by atoms with Gasteiger partial charge in [0.05, 0.1) is 0 Å². The van der Waals surface area contributed by atoms with Gasteiger partial charge in [-0.25, -0.2) is 0 Å². The Hall–Kier alpha value is -7.87. The van der Waals surface area contributed by atoms with Crippen LogP contribution in [0.25, 0.3) is 0 Å². The topological polar surface area (TPSA) is 130 Å². The minimum atomic E-state index is -4.63. The van der Waals surface area contributed by atoms with E-state index in [1.165, 1.54) is 0 Å². The molecule has 6 aromatic rings. The molecule has 0 aliphatic carbocycles. The highest BCUT2D eigenvalue weighted by Gasteiger charge is 2.44. The van der Waals surface area contributed by atoms with Gasteiger partial charge in [-0.3, -0.25) is 0 Å². The maximum atomic E-state index is 17.7. The van der Waals surface area contributed by atoms with E-state index in [2.05, 4.69) is 30.9 Å². The third-order valence-electron chi connectivity index (χ3n) is 8.58. The largest absolute Gasteiger partial charge is 0.812 e. The molecule has 3 heterocycles. The molecule has 0 N–H and O–H groups in total. The highest BCUT2D eigenvalue weighted by atomic mass is 19.1. The molecule has 286 valence electrons. The summed E-state index contributed by atoms with van der Waals surface area (Å²) in [6, 6.07) is 50.7. The molecular formula is C42H30B2F2N6O6-2. The van der Waals surface area contributed by atoms with Gasteiger partial charge in [0.2, 0.25) is 0 Å². The number of fused-ring (bicyclic) bond motifs is 9. The zero-order valence-corrected chi connectivity index (χ0v) is 30.4. The molecule has 58 heavy (non-hydrogen) atoms. The standard InChI is InChI=1S/C42H30B2F2N6O6/c45-43-53-47-37(31-19-7-1-8-20-31)38(32-21-9-2-10-22-32)48-54-44(46,57-51-41(35-27-15-5-16-28-35)39(49-55-43)33-23-11-3-12-24-33)58-52-42(36-29-17-6-18-30-36)40(50-56-43)34-25-13-4-14-26-34/h1-30H/q-2/b47-37-,48-38+,49-39-,50-40+,51-41+,52-42-. The van der Waals surface area contributed by atoms with E-state index < -0.39 is 14.1 Å². The van der Waals surface area contributed by atoms with Crippen molar-refractivity contribution in [3.05, 3.63) is 215 Å². The van der Waals surface area contributed by atoms with Crippen molar-refractivity contribution in [2.75, 3.05) is 0 Å². The fourth-order valence-electron chi connectivity index (χ4n) is 5.78. The van der Waals surface area contributed by atoms with Crippen molar-refractivity contribution in [3.63, 3.8) is 0 Å². The molecule has 0 atom stereocenters. The van der Waals surface area contributed by atoms with Gasteiger partial charge < -0.3 is 37.2 Å². The Kier molecular flexibility index (Phi) is 10.8. The van der Waals surface area contributed by atoms with Crippen molar-refractivity contribution in [2.45, 2.75) is 0 Å². The third kappa shape index (κ3) is 8.50. The fraction of sp³-hybridized carbons (Fsp3) is 0. The second-order valence-corrected chi connectivity index (χ2v) is 12.6. The molecule has 0 fully saturated rings. The molecule has 9 rings (SSSR count). The average Bonchev–Trinajstić information content (AvgIpc) is 3.28. The minimum Gasteiger partial charge on any atom is -0.509 e. The lowest BCUT2D eigenvalue weighted by atomic mass is 9.99. The Morgan fingerprint density at radius 1 is 0.241 bits per heavy atom. The number of hydrogen-bond acceptors (Lipinski definition) is 12. The van der Waals surface area contributed by atoms with Crippen LogP contribution in [0.5, 0.6) is 0 Å². The van der Waals surface area contributed by atoms with Crippen molar-refractivity contribution >= 4 is 48.3 Å². The summed E-state index contributed by atoms with van der Waals surface area (Å²) in [4.78, 5) is 0. The normalized spacial score (nSPS) is 25.1. The fourth-order valence-corrected chi connectivity index (χ4v) is 5.78. The van der Waals surface area contributed by atoms with Crippen molar-refractivity contribution in [1.82, 2.24) is 0 Å². The average molecular weight is 774 g/mol. The Balaban J connectivity index is 1.42. The predicted octanol–water partition coefficient (Wildman–Crippen LogP) is 8.35. The maximum Gasteiger partial charge on any atom is 0.812 e. The van der Waals surface area contributed by atoms with Crippen LogP contribution >= 0.6 is 0 Å². The first-order valence-electron chi connectivity index (χ1n) is 18.0. The lowest BCUT2D eigenvalue weighted by molar-refractivity contribution is 0.0219. The summed E-state index contributed by atoms with van der Waals surface area (Å²) in [5.41, 5.74) is 1.23. The monoisotopic (exact) mass is 774 g/mol. The lowest BCUT2D eigenvalue weighted by Crippen LogP contribution is -2.41. The minimum absolute atomic E-state index is 0.142. The van der Waals surface area contributed by atoms with E-state index in [1.54, 1.807) is 182 Å². The van der Waals surface area contributed by atoms with E-state index in [-0.39, 0.29) is 34.3 Å². The predicted molar refractivity (Wildman–Crippen MR) is 218 cm³/mol. The number of nitrogens with zero attached hydrogens (tertiary/aromatic N) is 6. The molecule has 0 unspecified atom stereocenters. The van der Waals surface area contributed by atoms with Crippen LogP contribution in [0, 0.1) is 0 Å². The van der Waals surface area contributed by atoms with Gasteiger partial charge in [0.25, 0.3) is 0 Å². The van der Waals surface area contributed by atoms with E-state index in [9.17, 15) is 0 Å². The van der Waals surface area contributed by atoms with Gasteiger partial charge >= 0.3 is 14.1 Å². The van der Waals surface area contributed by atoms with Crippen LogP contribution in [-0.4, -0.2) is 48.3 Å². The van der Waals surface area contributed by atoms with Crippen LogP contribution in [-0.2, 0) is 28.5 Å². The summed E-state index contributed by atoms with van der Waals surface area (Å²) in [5, 5.41) is 25.2. The van der Waals surface area contributed by atoms with Crippen LogP contribution in [0.4, 0.5) is 8.63 Å². The van der Waals surface area contributed by atoms with E-state index in [0.717, 1.165) is 0 Å². The molecule has 6 aromatic carbocycles. The molecule has 0 spiro atoms. The maximum absolute atomic E-state index is 17.7. The molecule has 3 aliphatic heterocycles. The van der Waals surface area contributed by atoms with Gasteiger partial charge in [-0.15, -0.1) is 30.9 Å². The molecule has 0 saturated heterocycles. The molecule has 0 aromatic heterocycles.